The highest BCUT2D eigenvalue weighted by Crippen LogP contribution is 2.32. The van der Waals surface area contributed by atoms with Crippen LogP contribution in [-0.4, -0.2) is 19.2 Å². The predicted octanol–water partition coefficient (Wildman–Crippen LogP) is 3.91. The molecule has 1 N–H and O–H groups in total. The molecule has 0 unspecified atom stereocenters. The van der Waals surface area contributed by atoms with E-state index in [9.17, 15) is 0 Å². The third-order valence-corrected chi connectivity index (χ3v) is 3.73. The summed E-state index contributed by atoms with van der Waals surface area (Å²) in [6, 6.07) is 7.59. The van der Waals surface area contributed by atoms with E-state index in [4.69, 9.17) is 9.47 Å². The lowest BCUT2D eigenvalue weighted by molar-refractivity contribution is 0.355. The number of methoxy groups -OCH3 is 2. The minimum atomic E-state index is 0.677. The van der Waals surface area contributed by atoms with Crippen molar-refractivity contribution in [1.82, 2.24) is 4.98 Å². The number of aryl methyl sites for hydroxylation is 1. The van der Waals surface area contributed by atoms with Crippen molar-refractivity contribution in [3.63, 3.8) is 0 Å². The zero-order chi connectivity index (χ0) is 13.8. The molecule has 4 nitrogen and oxygen atoms in total. The molecule has 1 heterocycles. The van der Waals surface area contributed by atoms with Crippen molar-refractivity contribution >= 4 is 27.4 Å². The number of halogens is 1. The first-order chi connectivity index (χ1) is 9.15. The molecule has 0 aliphatic rings. The van der Waals surface area contributed by atoms with Crippen LogP contribution in [-0.2, 0) is 0 Å². The van der Waals surface area contributed by atoms with Gasteiger partial charge in [0, 0.05) is 18.0 Å². The van der Waals surface area contributed by atoms with Crippen molar-refractivity contribution in [3.05, 3.63) is 40.5 Å². The Hall–Kier alpha value is -1.75. The highest BCUT2D eigenvalue weighted by molar-refractivity contribution is 9.10. The van der Waals surface area contributed by atoms with Crippen LogP contribution in [0.4, 0.5) is 11.5 Å². The van der Waals surface area contributed by atoms with Gasteiger partial charge in [-0.05, 0) is 46.6 Å². The van der Waals surface area contributed by atoms with E-state index in [1.165, 1.54) is 0 Å². The van der Waals surface area contributed by atoms with Crippen molar-refractivity contribution in [1.29, 1.82) is 0 Å². The first kappa shape index (κ1) is 13.7. The zero-order valence-corrected chi connectivity index (χ0v) is 12.6. The lowest BCUT2D eigenvalue weighted by Gasteiger charge is -2.12. The molecular weight excluding hydrogens is 308 g/mol. The molecule has 2 aromatic rings. The number of anilines is 2. The summed E-state index contributed by atoms with van der Waals surface area (Å²) >= 11 is 3.52. The number of aromatic nitrogens is 1. The minimum Gasteiger partial charge on any atom is -0.493 e. The van der Waals surface area contributed by atoms with Crippen LogP contribution >= 0.6 is 15.9 Å². The molecule has 0 saturated heterocycles. The number of nitrogens with zero attached hydrogens (tertiary/aromatic N) is 1. The number of ether oxygens (including phenoxy) is 2. The second-order valence-electron chi connectivity index (χ2n) is 3.99. The Morgan fingerprint density at radius 1 is 1.11 bits per heavy atom. The van der Waals surface area contributed by atoms with Gasteiger partial charge in [0.2, 0.25) is 0 Å². The van der Waals surface area contributed by atoms with E-state index >= 15 is 0 Å². The van der Waals surface area contributed by atoms with E-state index in [0.717, 1.165) is 21.5 Å². The molecule has 100 valence electrons. The summed E-state index contributed by atoms with van der Waals surface area (Å²) in [6.45, 7) is 2.02. The van der Waals surface area contributed by atoms with Crippen LogP contribution in [0.25, 0.3) is 0 Å². The Kier molecular flexibility index (Phi) is 4.27. The minimum absolute atomic E-state index is 0.677. The molecule has 0 fully saturated rings. The van der Waals surface area contributed by atoms with E-state index in [1.807, 2.05) is 31.2 Å². The van der Waals surface area contributed by atoms with Crippen molar-refractivity contribution in [3.8, 4) is 11.5 Å². The summed E-state index contributed by atoms with van der Waals surface area (Å²) in [4.78, 5) is 4.30. The van der Waals surface area contributed by atoms with Gasteiger partial charge < -0.3 is 14.8 Å². The average molecular weight is 323 g/mol. The molecule has 0 radical (unpaired) electrons. The lowest BCUT2D eigenvalue weighted by Crippen LogP contribution is -1.97. The predicted molar refractivity (Wildman–Crippen MR) is 79.5 cm³/mol. The third-order valence-electron chi connectivity index (χ3n) is 2.73. The summed E-state index contributed by atoms with van der Waals surface area (Å²) in [5.41, 5.74) is 2.01. The van der Waals surface area contributed by atoms with Gasteiger partial charge in [0.25, 0.3) is 0 Å². The van der Waals surface area contributed by atoms with Crippen molar-refractivity contribution in [2.75, 3.05) is 19.5 Å². The molecule has 0 spiro atoms. The van der Waals surface area contributed by atoms with E-state index in [-0.39, 0.29) is 0 Å². The zero-order valence-electron chi connectivity index (χ0n) is 11.0. The lowest BCUT2D eigenvalue weighted by atomic mass is 10.2. The monoisotopic (exact) mass is 322 g/mol. The smallest absolute Gasteiger partial charge is 0.162 e. The first-order valence-corrected chi connectivity index (χ1v) is 6.55. The van der Waals surface area contributed by atoms with Crippen LogP contribution in [0.2, 0.25) is 0 Å². The third kappa shape index (κ3) is 2.98. The normalized spacial score (nSPS) is 10.1. The Bertz CT molecular complexity index is 588. The average Bonchev–Trinajstić information content (AvgIpc) is 2.43. The molecule has 5 heteroatoms. The summed E-state index contributed by atoms with van der Waals surface area (Å²) < 4.78 is 11.4. The van der Waals surface area contributed by atoms with Gasteiger partial charge in [0.1, 0.15) is 5.82 Å². The molecule has 0 amide bonds. The van der Waals surface area contributed by atoms with Gasteiger partial charge in [-0.1, -0.05) is 0 Å². The maximum Gasteiger partial charge on any atom is 0.162 e. The maximum absolute atomic E-state index is 5.27. The highest BCUT2D eigenvalue weighted by Gasteiger charge is 2.07. The molecular formula is C14H15BrN2O2. The molecule has 0 saturated carbocycles. The van der Waals surface area contributed by atoms with Gasteiger partial charge in [-0.3, -0.25) is 0 Å². The van der Waals surface area contributed by atoms with E-state index < -0.39 is 0 Å². The second kappa shape index (κ2) is 5.93. The molecule has 0 aliphatic heterocycles. The van der Waals surface area contributed by atoms with Crippen LogP contribution in [0.1, 0.15) is 5.56 Å². The second-order valence-corrected chi connectivity index (χ2v) is 4.78. The van der Waals surface area contributed by atoms with Gasteiger partial charge >= 0.3 is 0 Å². The van der Waals surface area contributed by atoms with E-state index in [0.29, 0.717) is 11.5 Å². The summed E-state index contributed by atoms with van der Waals surface area (Å²) in [6.07, 6.45) is 1.77. The van der Waals surface area contributed by atoms with Gasteiger partial charge in [-0.15, -0.1) is 0 Å². The number of hydrogen-bond acceptors (Lipinski definition) is 4. The molecule has 1 aromatic heterocycles. The maximum atomic E-state index is 5.27. The topological polar surface area (TPSA) is 43.4 Å². The van der Waals surface area contributed by atoms with Gasteiger partial charge in [-0.2, -0.15) is 0 Å². The Balaban J connectivity index is 2.31. The standard InChI is InChI=1S/C14H15BrN2O2/c1-9-6-7-16-14(13(9)15)17-10-4-5-11(18-2)12(8-10)19-3/h4-8H,1-3H3,(H,16,17). The van der Waals surface area contributed by atoms with Gasteiger partial charge in [-0.25, -0.2) is 4.98 Å². The van der Waals surface area contributed by atoms with Gasteiger partial charge in [0.15, 0.2) is 11.5 Å². The number of benzene rings is 1. The highest BCUT2D eigenvalue weighted by atomic mass is 79.9. The Labute approximate surface area is 120 Å². The fraction of sp³-hybridized carbons (Fsp3) is 0.214. The summed E-state index contributed by atoms with van der Waals surface area (Å²) in [7, 11) is 3.23. The van der Waals surface area contributed by atoms with Crippen LogP contribution in [0, 0.1) is 6.92 Å². The van der Waals surface area contributed by atoms with Crippen LogP contribution < -0.4 is 14.8 Å². The molecule has 1 aromatic carbocycles. The fourth-order valence-corrected chi connectivity index (χ4v) is 2.01. The number of nitrogens with one attached hydrogen (secondary N) is 1. The van der Waals surface area contributed by atoms with Crippen molar-refractivity contribution in [2.45, 2.75) is 6.92 Å². The Morgan fingerprint density at radius 3 is 2.53 bits per heavy atom. The first-order valence-electron chi connectivity index (χ1n) is 5.76. The van der Waals surface area contributed by atoms with Gasteiger partial charge in [0.05, 0.1) is 18.7 Å². The Morgan fingerprint density at radius 2 is 1.84 bits per heavy atom. The number of pyridine rings is 1. The van der Waals surface area contributed by atoms with Crippen molar-refractivity contribution < 1.29 is 9.47 Å². The molecule has 0 bridgehead atoms. The molecule has 2 rings (SSSR count). The van der Waals surface area contributed by atoms with Crippen LogP contribution in [0.15, 0.2) is 34.9 Å². The van der Waals surface area contributed by atoms with Crippen LogP contribution in [0.5, 0.6) is 11.5 Å². The quantitative estimate of drug-likeness (QED) is 0.926. The molecule has 0 aliphatic carbocycles. The van der Waals surface area contributed by atoms with Crippen LogP contribution in [0.3, 0.4) is 0 Å². The number of hydrogen-bond donors (Lipinski definition) is 1. The SMILES string of the molecule is COc1ccc(Nc2nccc(C)c2Br)cc1OC. The molecule has 0 atom stereocenters. The fourth-order valence-electron chi connectivity index (χ4n) is 1.68. The van der Waals surface area contributed by atoms with Crippen molar-refractivity contribution in [2.24, 2.45) is 0 Å². The number of rotatable bonds is 4. The summed E-state index contributed by atoms with van der Waals surface area (Å²) in [5.74, 6) is 2.15. The van der Waals surface area contributed by atoms with E-state index in [1.54, 1.807) is 20.4 Å². The largest absolute Gasteiger partial charge is 0.493 e. The summed E-state index contributed by atoms with van der Waals surface area (Å²) in [5, 5.41) is 3.25. The molecule has 19 heavy (non-hydrogen) atoms. The van der Waals surface area contributed by atoms with E-state index in [2.05, 4.69) is 26.2 Å².